The minimum absolute atomic E-state index is 0.0810. The maximum absolute atomic E-state index is 10.1. The van der Waals surface area contributed by atoms with Crippen molar-refractivity contribution in [2.75, 3.05) is 0 Å². The lowest BCUT2D eigenvalue weighted by molar-refractivity contribution is 1.18. The van der Waals surface area contributed by atoms with Gasteiger partial charge in [-0.25, -0.2) is 0 Å². The minimum Gasteiger partial charge on any atom is -0.309 e. The predicted molar refractivity (Wildman–Crippen MR) is 270 cm³/mol. The van der Waals surface area contributed by atoms with Gasteiger partial charge in [0.05, 0.1) is 37.3 Å². The zero-order chi connectivity index (χ0) is 47.5. The smallest absolute Gasteiger partial charge is 0.0645 e. The molecular weight excluding hydrogens is 781 g/mol. The standard InChI is InChI=1S/C60H38N2S/c1-3-14-39(15-4-1)41-28-30-42(31-29-41)47-22-12-24-55-59(47)51-38-45(33-35-54(51)61(55)46-19-11-18-43(36-46)40-16-5-2-6-17-40)44-32-34-53-50(37-44)48-20-7-9-23-52(48)62(53)56-25-13-27-58-60(56)49-21-8-10-26-57(49)63-58/h1-38H/i7D,9D,20D,23D,32D,34D,37D. The Morgan fingerprint density at radius 1 is 0.349 bits per heavy atom. The van der Waals surface area contributed by atoms with Crippen LogP contribution >= 0.6 is 11.3 Å². The SMILES string of the molecule is [2H]c1c([2H])c([2H])c2c(c1[2H])c1c([2H])c(-c3ccc4c(c3)c3c(-c5ccc(-c6ccccc6)cc5)cccc3n4-c3cccc(-c4ccccc4)c3)c([2H])c([2H])c1n2-c1cccc2sc3ccccc3c12. The first-order valence-electron chi connectivity index (χ1n) is 24.5. The summed E-state index contributed by atoms with van der Waals surface area (Å²) < 4.78 is 72.3. The van der Waals surface area contributed by atoms with Crippen LogP contribution in [0.4, 0.5) is 0 Å². The molecule has 0 saturated heterocycles. The molecule has 0 radical (unpaired) electrons. The molecule has 0 spiro atoms. The maximum Gasteiger partial charge on any atom is 0.0645 e. The van der Waals surface area contributed by atoms with Gasteiger partial charge in [0, 0.05) is 47.4 Å². The zero-order valence-corrected chi connectivity index (χ0v) is 34.5. The quantitative estimate of drug-likeness (QED) is 0.158. The summed E-state index contributed by atoms with van der Waals surface area (Å²) in [5.74, 6) is 0. The van der Waals surface area contributed by atoms with Crippen LogP contribution < -0.4 is 0 Å². The van der Waals surface area contributed by atoms with Gasteiger partial charge in [-0.1, -0.05) is 164 Å². The molecule has 3 heteroatoms. The summed E-state index contributed by atoms with van der Waals surface area (Å²) in [5, 5.41) is 4.08. The van der Waals surface area contributed by atoms with Gasteiger partial charge in [0.25, 0.3) is 0 Å². The molecule has 0 bridgehead atoms. The number of fused-ring (bicyclic) bond motifs is 9. The number of nitrogens with zero attached hydrogens (tertiary/aromatic N) is 2. The van der Waals surface area contributed by atoms with Gasteiger partial charge in [-0.05, 0) is 111 Å². The first-order valence-corrected chi connectivity index (χ1v) is 21.8. The lowest BCUT2D eigenvalue weighted by atomic mass is 9.95. The average molecular weight is 826 g/mol. The molecule has 0 aliphatic heterocycles. The van der Waals surface area contributed by atoms with Crippen LogP contribution in [0.2, 0.25) is 0 Å². The van der Waals surface area contributed by atoms with Crippen molar-refractivity contribution in [3.05, 3.63) is 230 Å². The topological polar surface area (TPSA) is 9.86 Å². The molecule has 294 valence electrons. The highest BCUT2D eigenvalue weighted by atomic mass is 32.1. The maximum atomic E-state index is 10.1. The molecule has 10 aromatic carbocycles. The largest absolute Gasteiger partial charge is 0.309 e. The number of hydrogen-bond acceptors (Lipinski definition) is 1. The number of rotatable bonds is 6. The highest BCUT2D eigenvalue weighted by Crippen LogP contribution is 2.44. The molecule has 0 amide bonds. The normalized spacial score (nSPS) is 13.4. The van der Waals surface area contributed by atoms with Crippen molar-refractivity contribution in [2.24, 2.45) is 0 Å². The van der Waals surface area contributed by atoms with Crippen LogP contribution in [0.1, 0.15) is 9.60 Å². The highest BCUT2D eigenvalue weighted by molar-refractivity contribution is 7.25. The third kappa shape index (κ3) is 5.71. The summed E-state index contributed by atoms with van der Waals surface area (Å²) in [4.78, 5) is 0. The predicted octanol–water partition coefficient (Wildman–Crippen LogP) is 16.9. The first kappa shape index (κ1) is 29.3. The van der Waals surface area contributed by atoms with Gasteiger partial charge in [0.2, 0.25) is 0 Å². The van der Waals surface area contributed by atoms with E-state index in [4.69, 9.17) is 2.74 Å². The molecule has 0 aliphatic rings. The summed E-state index contributed by atoms with van der Waals surface area (Å²) in [6, 6.07) is 62.1. The van der Waals surface area contributed by atoms with Crippen LogP contribution in [0.15, 0.2) is 230 Å². The Labute approximate surface area is 378 Å². The molecule has 0 saturated carbocycles. The Balaban J connectivity index is 1.10. The number of thiophene rings is 1. The Bertz CT molecular complexity index is 4310. The van der Waals surface area contributed by atoms with E-state index < -0.39 is 12.1 Å². The molecular formula is C60H38N2S. The molecule has 3 aromatic heterocycles. The Morgan fingerprint density at radius 2 is 1.00 bits per heavy atom. The molecule has 13 aromatic rings. The van der Waals surface area contributed by atoms with Gasteiger partial charge >= 0.3 is 0 Å². The van der Waals surface area contributed by atoms with Crippen LogP contribution in [0.3, 0.4) is 0 Å². The lowest BCUT2D eigenvalue weighted by Crippen LogP contribution is -1.95. The number of para-hydroxylation sites is 1. The van der Waals surface area contributed by atoms with Gasteiger partial charge in [-0.15, -0.1) is 11.3 Å². The third-order valence-electron chi connectivity index (χ3n) is 12.4. The van der Waals surface area contributed by atoms with E-state index in [1.54, 1.807) is 15.9 Å². The zero-order valence-electron chi connectivity index (χ0n) is 40.7. The molecule has 63 heavy (non-hydrogen) atoms. The second-order valence-corrected chi connectivity index (χ2v) is 17.0. The van der Waals surface area contributed by atoms with Gasteiger partial charge < -0.3 is 9.13 Å². The van der Waals surface area contributed by atoms with Crippen molar-refractivity contribution in [2.45, 2.75) is 0 Å². The van der Waals surface area contributed by atoms with Gasteiger partial charge in [-0.3, -0.25) is 0 Å². The van der Waals surface area contributed by atoms with Crippen molar-refractivity contribution in [1.82, 2.24) is 9.13 Å². The van der Waals surface area contributed by atoms with E-state index in [0.717, 1.165) is 81.0 Å². The monoisotopic (exact) mass is 825 g/mol. The van der Waals surface area contributed by atoms with Gasteiger partial charge in [0.1, 0.15) is 0 Å². The number of aromatic nitrogens is 2. The summed E-state index contributed by atoms with van der Waals surface area (Å²) in [5.41, 5.74) is 11.1. The molecule has 0 unspecified atom stereocenters. The molecule has 2 nitrogen and oxygen atoms in total. The molecule has 3 heterocycles. The fraction of sp³-hybridized carbons (Fsp3) is 0. The summed E-state index contributed by atoms with van der Waals surface area (Å²) in [7, 11) is 0. The van der Waals surface area contributed by atoms with E-state index in [0.29, 0.717) is 11.3 Å². The van der Waals surface area contributed by atoms with E-state index in [1.807, 2.05) is 97.1 Å². The minimum atomic E-state index is -0.423. The lowest BCUT2D eigenvalue weighted by Gasteiger charge is -2.11. The van der Waals surface area contributed by atoms with E-state index in [9.17, 15) is 6.85 Å². The number of hydrogen-bond donors (Lipinski definition) is 0. The molecule has 0 atom stereocenters. The van der Waals surface area contributed by atoms with E-state index in [-0.39, 0.29) is 57.6 Å². The fourth-order valence-electron chi connectivity index (χ4n) is 9.51. The Morgan fingerprint density at radius 3 is 1.86 bits per heavy atom. The van der Waals surface area contributed by atoms with Crippen molar-refractivity contribution in [3.63, 3.8) is 0 Å². The summed E-state index contributed by atoms with van der Waals surface area (Å²) in [6.07, 6.45) is 0. The Kier molecular flexibility index (Phi) is 6.66. The highest BCUT2D eigenvalue weighted by Gasteiger charge is 2.20. The van der Waals surface area contributed by atoms with Crippen molar-refractivity contribution in [1.29, 1.82) is 0 Å². The second kappa shape index (κ2) is 14.3. The van der Waals surface area contributed by atoms with Gasteiger partial charge in [0.15, 0.2) is 0 Å². The van der Waals surface area contributed by atoms with E-state index >= 15 is 0 Å². The van der Waals surface area contributed by atoms with Crippen molar-refractivity contribution in [3.8, 4) is 55.9 Å². The molecule has 0 aliphatic carbocycles. The van der Waals surface area contributed by atoms with Crippen LogP contribution in [-0.2, 0) is 0 Å². The number of benzene rings is 10. The third-order valence-corrected chi connectivity index (χ3v) is 13.5. The molecule has 0 N–H and O–H groups in total. The van der Waals surface area contributed by atoms with Crippen molar-refractivity contribution < 1.29 is 9.60 Å². The van der Waals surface area contributed by atoms with Crippen molar-refractivity contribution >= 4 is 75.1 Å². The summed E-state index contributed by atoms with van der Waals surface area (Å²) in [6.45, 7) is 0. The Hall–Kier alpha value is -7.98. The average Bonchev–Trinajstić information content (AvgIpc) is 4.08. The van der Waals surface area contributed by atoms with E-state index in [2.05, 4.69) is 95.6 Å². The van der Waals surface area contributed by atoms with Crippen LogP contribution in [0.25, 0.3) is 120 Å². The second-order valence-electron chi connectivity index (χ2n) is 15.9. The van der Waals surface area contributed by atoms with E-state index in [1.165, 1.54) is 0 Å². The van der Waals surface area contributed by atoms with Crippen LogP contribution in [-0.4, -0.2) is 9.13 Å². The molecule has 0 fully saturated rings. The van der Waals surface area contributed by atoms with Gasteiger partial charge in [-0.2, -0.15) is 0 Å². The summed E-state index contributed by atoms with van der Waals surface area (Å²) >= 11 is 1.62. The van der Waals surface area contributed by atoms with Crippen LogP contribution in [0, 0.1) is 0 Å². The van der Waals surface area contributed by atoms with Crippen LogP contribution in [0.5, 0.6) is 0 Å². The first-order chi connectivity index (χ1) is 34.2. The molecule has 13 rings (SSSR count). The fourth-order valence-corrected chi connectivity index (χ4v) is 10.6.